The van der Waals surface area contributed by atoms with E-state index in [-0.39, 0.29) is 31.1 Å². The average Bonchev–Trinajstić information content (AvgIpc) is 3.28. The van der Waals surface area contributed by atoms with Crippen LogP contribution in [0.2, 0.25) is 0 Å². The number of hydrogen-bond donors (Lipinski definition) is 0. The Bertz CT molecular complexity index is 1150. The Morgan fingerprint density at radius 1 is 0.317 bits per heavy atom. The summed E-state index contributed by atoms with van der Waals surface area (Å²) in [7, 11) is 0. The van der Waals surface area contributed by atoms with E-state index in [0.29, 0.717) is 19.3 Å². The fraction of sp³-hybridized carbons (Fsp3) is 0.772. The summed E-state index contributed by atoms with van der Waals surface area (Å²) in [4.78, 5) is 38.0. The Morgan fingerprint density at radius 3 is 0.968 bits per heavy atom. The normalized spacial score (nSPS) is 12.5. The van der Waals surface area contributed by atoms with Crippen LogP contribution in [0, 0.1) is 0 Å². The van der Waals surface area contributed by atoms with Gasteiger partial charge in [0.1, 0.15) is 13.2 Å². The van der Waals surface area contributed by atoms with E-state index in [2.05, 4.69) is 81.5 Å². The van der Waals surface area contributed by atoms with Crippen LogP contribution in [-0.2, 0) is 28.6 Å². The van der Waals surface area contributed by atoms with E-state index in [1.807, 2.05) is 0 Å². The van der Waals surface area contributed by atoms with Crippen LogP contribution in [0.1, 0.15) is 265 Å². The van der Waals surface area contributed by atoms with E-state index >= 15 is 0 Å². The number of hydrogen-bond acceptors (Lipinski definition) is 6. The van der Waals surface area contributed by atoms with Gasteiger partial charge in [-0.25, -0.2) is 0 Å². The number of ether oxygens (including phenoxy) is 3. The molecule has 0 spiro atoms. The van der Waals surface area contributed by atoms with Gasteiger partial charge in [0.25, 0.3) is 0 Å². The average molecular weight is 881 g/mol. The van der Waals surface area contributed by atoms with Crippen molar-refractivity contribution in [3.8, 4) is 0 Å². The zero-order chi connectivity index (χ0) is 45.8. The van der Waals surface area contributed by atoms with Crippen molar-refractivity contribution in [1.82, 2.24) is 0 Å². The number of carbonyl (C=O) groups is 3. The standard InChI is InChI=1S/C57H100O6/c1-4-7-10-13-16-19-22-25-28-30-32-35-38-41-44-47-50-56(59)62-53-54(52-61-55(58)49-46-43-40-37-34-31-27-24-21-18-15-12-9-6-3)63-57(60)51-48-45-42-39-36-33-29-26-23-20-17-14-11-8-5-2/h15,17-18,20,24,26-30,54H,4-14,16,19,21-23,25,31-53H2,1-3H3/b18-15-,20-17-,27-24-,29-26-,30-28-/t54-/m1/s1. The van der Waals surface area contributed by atoms with E-state index in [1.54, 1.807) is 0 Å². The summed E-state index contributed by atoms with van der Waals surface area (Å²) in [5.41, 5.74) is 0. The maximum absolute atomic E-state index is 12.8. The molecule has 364 valence electrons. The van der Waals surface area contributed by atoms with Gasteiger partial charge in [-0.3, -0.25) is 14.4 Å². The molecule has 63 heavy (non-hydrogen) atoms. The van der Waals surface area contributed by atoms with Crippen molar-refractivity contribution >= 4 is 17.9 Å². The monoisotopic (exact) mass is 881 g/mol. The minimum atomic E-state index is -0.790. The van der Waals surface area contributed by atoms with E-state index in [0.717, 1.165) is 109 Å². The molecule has 0 saturated heterocycles. The van der Waals surface area contributed by atoms with Crippen molar-refractivity contribution in [2.24, 2.45) is 0 Å². The van der Waals surface area contributed by atoms with Gasteiger partial charge in [-0.2, -0.15) is 0 Å². The second kappa shape index (κ2) is 51.7. The number of esters is 3. The maximum Gasteiger partial charge on any atom is 0.306 e. The molecule has 0 bridgehead atoms. The lowest BCUT2D eigenvalue weighted by Gasteiger charge is -2.18. The molecular weight excluding hydrogens is 781 g/mol. The fourth-order valence-electron chi connectivity index (χ4n) is 7.37. The minimum absolute atomic E-state index is 0.0885. The van der Waals surface area contributed by atoms with Crippen LogP contribution in [-0.4, -0.2) is 37.2 Å². The van der Waals surface area contributed by atoms with Gasteiger partial charge in [0.05, 0.1) is 0 Å². The van der Waals surface area contributed by atoms with Crippen LogP contribution in [0.5, 0.6) is 0 Å². The van der Waals surface area contributed by atoms with Gasteiger partial charge in [0.15, 0.2) is 6.10 Å². The van der Waals surface area contributed by atoms with Crippen LogP contribution < -0.4 is 0 Å². The van der Waals surface area contributed by atoms with Crippen molar-refractivity contribution in [3.63, 3.8) is 0 Å². The SMILES string of the molecule is CCCC/C=C\C/C=C\CCCCCCCC(=O)OC[C@H](COC(=O)CCCCCCC/C=C\CCCCCCCCC)OC(=O)CCCCCCC/C=C\C/C=C\CCCCC. The molecule has 1 atom stereocenters. The third-order valence-corrected chi connectivity index (χ3v) is 11.5. The predicted octanol–water partition coefficient (Wildman–Crippen LogP) is 17.6. The highest BCUT2D eigenvalue weighted by atomic mass is 16.6. The van der Waals surface area contributed by atoms with Crippen molar-refractivity contribution in [1.29, 1.82) is 0 Å². The first kappa shape index (κ1) is 60.1. The number of rotatable bonds is 48. The molecule has 0 aliphatic carbocycles. The maximum atomic E-state index is 12.8. The molecular formula is C57H100O6. The summed E-state index contributed by atoms with van der Waals surface area (Å²) in [6.07, 6.45) is 63.4. The molecule has 0 N–H and O–H groups in total. The van der Waals surface area contributed by atoms with Gasteiger partial charge in [-0.05, 0) is 103 Å². The Balaban J connectivity index is 4.43. The van der Waals surface area contributed by atoms with E-state index in [9.17, 15) is 14.4 Å². The lowest BCUT2D eigenvalue weighted by molar-refractivity contribution is -0.167. The van der Waals surface area contributed by atoms with Crippen molar-refractivity contribution in [2.45, 2.75) is 271 Å². The Hall–Kier alpha value is -2.89. The highest BCUT2D eigenvalue weighted by molar-refractivity contribution is 5.71. The molecule has 0 aliphatic rings. The Kier molecular flexibility index (Phi) is 49.4. The zero-order valence-corrected chi connectivity index (χ0v) is 41.6. The molecule has 0 saturated carbocycles. The fourth-order valence-corrected chi connectivity index (χ4v) is 7.37. The van der Waals surface area contributed by atoms with Crippen LogP contribution in [0.4, 0.5) is 0 Å². The molecule has 6 heteroatoms. The van der Waals surface area contributed by atoms with Crippen LogP contribution in [0.3, 0.4) is 0 Å². The van der Waals surface area contributed by atoms with Gasteiger partial charge in [0.2, 0.25) is 0 Å². The highest BCUT2D eigenvalue weighted by Crippen LogP contribution is 2.14. The third-order valence-electron chi connectivity index (χ3n) is 11.5. The molecule has 0 radical (unpaired) electrons. The first-order valence-electron chi connectivity index (χ1n) is 26.8. The lowest BCUT2D eigenvalue weighted by Crippen LogP contribution is -2.30. The Morgan fingerprint density at radius 2 is 0.587 bits per heavy atom. The van der Waals surface area contributed by atoms with E-state index in [4.69, 9.17) is 14.2 Å². The highest BCUT2D eigenvalue weighted by Gasteiger charge is 2.19. The van der Waals surface area contributed by atoms with Crippen LogP contribution in [0.15, 0.2) is 60.8 Å². The lowest BCUT2D eigenvalue weighted by atomic mass is 10.1. The molecule has 0 aromatic heterocycles. The van der Waals surface area contributed by atoms with Crippen LogP contribution >= 0.6 is 0 Å². The molecule has 0 aromatic carbocycles. The smallest absolute Gasteiger partial charge is 0.306 e. The quantitative estimate of drug-likeness (QED) is 0.0262. The van der Waals surface area contributed by atoms with E-state index < -0.39 is 6.10 Å². The summed E-state index contributed by atoms with van der Waals surface area (Å²) < 4.78 is 16.8. The first-order valence-corrected chi connectivity index (χ1v) is 26.8. The molecule has 0 aromatic rings. The molecule has 0 aliphatic heterocycles. The molecule has 0 rings (SSSR count). The summed E-state index contributed by atoms with van der Waals surface area (Å²) in [6.45, 7) is 6.55. The van der Waals surface area contributed by atoms with Gasteiger partial charge < -0.3 is 14.2 Å². The second-order valence-corrected chi connectivity index (χ2v) is 17.8. The first-order chi connectivity index (χ1) is 31.0. The summed E-state index contributed by atoms with van der Waals surface area (Å²) in [6, 6.07) is 0. The van der Waals surface area contributed by atoms with Crippen molar-refractivity contribution in [2.75, 3.05) is 13.2 Å². The minimum Gasteiger partial charge on any atom is -0.462 e. The van der Waals surface area contributed by atoms with Gasteiger partial charge >= 0.3 is 17.9 Å². The summed E-state index contributed by atoms with van der Waals surface area (Å²) >= 11 is 0. The van der Waals surface area contributed by atoms with Gasteiger partial charge in [-0.1, -0.05) is 204 Å². The second-order valence-electron chi connectivity index (χ2n) is 17.8. The summed E-state index contributed by atoms with van der Waals surface area (Å²) in [5.74, 6) is -0.919. The van der Waals surface area contributed by atoms with Crippen molar-refractivity contribution in [3.05, 3.63) is 60.8 Å². The number of carbonyl (C=O) groups excluding carboxylic acids is 3. The third kappa shape index (κ3) is 50.0. The largest absolute Gasteiger partial charge is 0.462 e. The van der Waals surface area contributed by atoms with Gasteiger partial charge in [-0.15, -0.1) is 0 Å². The molecule has 0 fully saturated rings. The topological polar surface area (TPSA) is 78.9 Å². The zero-order valence-electron chi connectivity index (χ0n) is 41.6. The summed E-state index contributed by atoms with van der Waals surface area (Å²) in [5, 5.41) is 0. The molecule has 0 unspecified atom stereocenters. The number of unbranched alkanes of at least 4 members (excludes halogenated alkanes) is 27. The molecule has 0 amide bonds. The van der Waals surface area contributed by atoms with Gasteiger partial charge in [0, 0.05) is 19.3 Å². The predicted molar refractivity (Wildman–Crippen MR) is 270 cm³/mol. The Labute approximate surface area is 390 Å². The van der Waals surface area contributed by atoms with Crippen molar-refractivity contribution < 1.29 is 28.6 Å². The van der Waals surface area contributed by atoms with Crippen LogP contribution in [0.25, 0.3) is 0 Å². The molecule has 0 heterocycles. The molecule has 6 nitrogen and oxygen atoms in total. The number of allylic oxidation sites excluding steroid dienone is 10. The van der Waals surface area contributed by atoms with E-state index in [1.165, 1.54) is 116 Å².